The minimum absolute atomic E-state index is 0.00942. The van der Waals surface area contributed by atoms with Crippen LogP contribution in [0.15, 0.2) is 76.1 Å². The predicted molar refractivity (Wildman–Crippen MR) is 141 cm³/mol. The van der Waals surface area contributed by atoms with Crippen molar-refractivity contribution in [2.45, 2.75) is 20.1 Å². The van der Waals surface area contributed by atoms with E-state index >= 15 is 0 Å². The lowest BCUT2D eigenvalue weighted by atomic mass is 10.1. The number of hydrogen-bond acceptors (Lipinski definition) is 7. The zero-order valence-electron chi connectivity index (χ0n) is 19.2. The van der Waals surface area contributed by atoms with Crippen molar-refractivity contribution >= 4 is 50.6 Å². The maximum atomic E-state index is 12.9. The molecular formula is C26H21BrN2O6S. The molecule has 0 unspecified atom stereocenters. The van der Waals surface area contributed by atoms with Gasteiger partial charge in [0.2, 0.25) is 0 Å². The molecule has 0 N–H and O–H groups in total. The molecule has 3 aromatic carbocycles. The zero-order valence-corrected chi connectivity index (χ0v) is 21.6. The van der Waals surface area contributed by atoms with Gasteiger partial charge in [-0.1, -0.05) is 52.3 Å². The van der Waals surface area contributed by atoms with Crippen LogP contribution in [-0.2, 0) is 17.9 Å². The van der Waals surface area contributed by atoms with Gasteiger partial charge in [-0.3, -0.25) is 24.6 Å². The van der Waals surface area contributed by atoms with Gasteiger partial charge in [0.25, 0.3) is 16.8 Å². The number of imide groups is 1. The Morgan fingerprint density at radius 3 is 2.44 bits per heavy atom. The number of nitro groups is 1. The molecule has 0 radical (unpaired) electrons. The van der Waals surface area contributed by atoms with Crippen LogP contribution in [-0.4, -0.2) is 27.6 Å². The third-order valence-corrected chi connectivity index (χ3v) is 6.98. The quantitative estimate of drug-likeness (QED) is 0.163. The smallest absolute Gasteiger partial charge is 0.293 e. The molecule has 0 aromatic heterocycles. The van der Waals surface area contributed by atoms with E-state index in [4.69, 9.17) is 9.47 Å². The SMILES string of the molecule is CCOc1cc(/C=C2\SC(=O)N(Cc3ccccc3Br)C2=O)ccc1OCc1ccccc1[N+](=O)[O-]. The second kappa shape index (κ2) is 11.4. The van der Waals surface area contributed by atoms with Gasteiger partial charge in [0.1, 0.15) is 6.61 Å². The maximum absolute atomic E-state index is 12.9. The van der Waals surface area contributed by atoms with E-state index in [1.807, 2.05) is 31.2 Å². The molecule has 0 saturated carbocycles. The monoisotopic (exact) mass is 568 g/mol. The number of carbonyl (C=O) groups is 2. The Morgan fingerprint density at radius 1 is 1.00 bits per heavy atom. The van der Waals surface area contributed by atoms with Crippen molar-refractivity contribution in [1.82, 2.24) is 4.90 Å². The lowest BCUT2D eigenvalue weighted by Gasteiger charge is -2.14. The van der Waals surface area contributed by atoms with E-state index < -0.39 is 4.92 Å². The summed E-state index contributed by atoms with van der Waals surface area (Å²) in [7, 11) is 0. The Bertz CT molecular complexity index is 1360. The highest BCUT2D eigenvalue weighted by molar-refractivity contribution is 9.10. The van der Waals surface area contributed by atoms with Crippen molar-refractivity contribution in [1.29, 1.82) is 0 Å². The third-order valence-electron chi connectivity index (χ3n) is 5.30. The molecule has 36 heavy (non-hydrogen) atoms. The first-order valence-electron chi connectivity index (χ1n) is 11.0. The Kier molecular flexibility index (Phi) is 8.07. The molecule has 4 rings (SSSR count). The van der Waals surface area contributed by atoms with Gasteiger partial charge >= 0.3 is 0 Å². The Hall–Kier alpha value is -3.63. The number of ether oxygens (including phenoxy) is 2. The van der Waals surface area contributed by atoms with Gasteiger partial charge in [0, 0.05) is 10.5 Å². The summed E-state index contributed by atoms with van der Waals surface area (Å²) in [5.41, 5.74) is 1.90. The number of thioether (sulfide) groups is 1. The van der Waals surface area contributed by atoms with Gasteiger partial charge in [-0.05, 0) is 60.2 Å². The molecule has 1 saturated heterocycles. The molecule has 0 bridgehead atoms. The Balaban J connectivity index is 1.53. The molecule has 2 amide bonds. The third kappa shape index (κ3) is 5.77. The van der Waals surface area contributed by atoms with Crippen LogP contribution < -0.4 is 9.47 Å². The summed E-state index contributed by atoms with van der Waals surface area (Å²) in [4.78, 5) is 37.8. The van der Waals surface area contributed by atoms with Crippen LogP contribution in [0, 0.1) is 10.1 Å². The Labute approximate surface area is 220 Å². The number of halogens is 1. The fraction of sp³-hybridized carbons (Fsp3) is 0.154. The van der Waals surface area contributed by atoms with Crippen molar-refractivity contribution in [3.8, 4) is 11.5 Å². The molecular weight excluding hydrogens is 548 g/mol. The highest BCUT2D eigenvalue weighted by atomic mass is 79.9. The minimum atomic E-state index is -0.450. The topological polar surface area (TPSA) is 99.0 Å². The van der Waals surface area contributed by atoms with Crippen LogP contribution in [0.2, 0.25) is 0 Å². The van der Waals surface area contributed by atoms with Crippen molar-refractivity contribution in [2.24, 2.45) is 0 Å². The normalized spacial score (nSPS) is 14.4. The van der Waals surface area contributed by atoms with Crippen LogP contribution >= 0.6 is 27.7 Å². The average molecular weight is 569 g/mol. The number of rotatable bonds is 9. The fourth-order valence-corrected chi connectivity index (χ4v) is 4.80. The van der Waals surface area contributed by atoms with Crippen LogP contribution in [0.3, 0.4) is 0 Å². The van der Waals surface area contributed by atoms with Crippen molar-refractivity contribution in [2.75, 3.05) is 6.61 Å². The first-order valence-corrected chi connectivity index (χ1v) is 12.6. The average Bonchev–Trinajstić information content (AvgIpc) is 3.12. The summed E-state index contributed by atoms with van der Waals surface area (Å²) in [6.07, 6.45) is 1.64. The largest absolute Gasteiger partial charge is 0.490 e. The molecule has 184 valence electrons. The molecule has 1 aliphatic rings. The van der Waals surface area contributed by atoms with E-state index in [1.165, 1.54) is 11.0 Å². The van der Waals surface area contributed by atoms with E-state index in [-0.39, 0.29) is 30.0 Å². The fourth-order valence-electron chi connectivity index (χ4n) is 3.55. The number of hydrogen-bond donors (Lipinski definition) is 0. The zero-order chi connectivity index (χ0) is 25.7. The number of para-hydroxylation sites is 1. The van der Waals surface area contributed by atoms with E-state index in [0.29, 0.717) is 34.1 Å². The van der Waals surface area contributed by atoms with E-state index in [0.717, 1.165) is 21.8 Å². The first kappa shape index (κ1) is 25.5. The van der Waals surface area contributed by atoms with E-state index in [9.17, 15) is 19.7 Å². The summed E-state index contributed by atoms with van der Waals surface area (Å²) < 4.78 is 12.4. The highest BCUT2D eigenvalue weighted by Crippen LogP contribution is 2.36. The van der Waals surface area contributed by atoms with Gasteiger partial charge in [-0.25, -0.2) is 0 Å². The molecule has 1 fully saturated rings. The predicted octanol–water partition coefficient (Wildman–Crippen LogP) is 6.57. The number of carbonyl (C=O) groups excluding carboxylic acids is 2. The molecule has 0 aliphatic carbocycles. The van der Waals surface area contributed by atoms with E-state index in [1.54, 1.807) is 42.5 Å². The highest BCUT2D eigenvalue weighted by Gasteiger charge is 2.35. The first-order chi connectivity index (χ1) is 17.4. The summed E-state index contributed by atoms with van der Waals surface area (Å²) in [5, 5.41) is 10.9. The van der Waals surface area contributed by atoms with Gasteiger partial charge in [-0.2, -0.15) is 0 Å². The minimum Gasteiger partial charge on any atom is -0.490 e. The number of amides is 2. The standard InChI is InChI=1S/C26H21BrN2O6S/c1-2-34-23-13-17(11-12-22(23)35-16-19-8-4-6-10-21(19)29(32)33)14-24-25(30)28(26(31)36-24)15-18-7-3-5-9-20(18)27/h3-14H,2,15-16H2,1H3/b24-14-. The second-order valence-corrected chi connectivity index (χ2v) is 9.52. The number of benzene rings is 3. The molecule has 1 heterocycles. The van der Waals surface area contributed by atoms with Crippen LogP contribution in [0.1, 0.15) is 23.6 Å². The summed E-state index contributed by atoms with van der Waals surface area (Å²) in [6, 6.07) is 18.9. The van der Waals surface area contributed by atoms with Gasteiger partial charge in [0.15, 0.2) is 11.5 Å². The maximum Gasteiger partial charge on any atom is 0.293 e. The molecule has 0 atom stereocenters. The summed E-state index contributed by atoms with van der Waals surface area (Å²) in [6.45, 7) is 2.36. The molecule has 8 nitrogen and oxygen atoms in total. The van der Waals surface area contributed by atoms with Crippen LogP contribution in [0.5, 0.6) is 11.5 Å². The summed E-state index contributed by atoms with van der Waals surface area (Å²) >= 11 is 4.33. The lowest BCUT2D eigenvalue weighted by molar-refractivity contribution is -0.385. The van der Waals surface area contributed by atoms with Crippen molar-refractivity contribution < 1.29 is 24.0 Å². The van der Waals surface area contributed by atoms with Crippen LogP contribution in [0.4, 0.5) is 10.5 Å². The van der Waals surface area contributed by atoms with Gasteiger partial charge < -0.3 is 9.47 Å². The molecule has 1 aliphatic heterocycles. The molecule has 10 heteroatoms. The van der Waals surface area contributed by atoms with Gasteiger partial charge in [0.05, 0.1) is 28.5 Å². The number of nitrogens with zero attached hydrogens (tertiary/aromatic N) is 2. The second-order valence-electron chi connectivity index (χ2n) is 7.67. The van der Waals surface area contributed by atoms with Crippen LogP contribution in [0.25, 0.3) is 6.08 Å². The van der Waals surface area contributed by atoms with Gasteiger partial charge in [-0.15, -0.1) is 0 Å². The van der Waals surface area contributed by atoms with Crippen molar-refractivity contribution in [3.63, 3.8) is 0 Å². The number of nitro benzene ring substituents is 1. The van der Waals surface area contributed by atoms with E-state index in [2.05, 4.69) is 15.9 Å². The molecule has 3 aromatic rings. The molecule has 0 spiro atoms. The lowest BCUT2D eigenvalue weighted by Crippen LogP contribution is -2.27. The van der Waals surface area contributed by atoms with Crippen molar-refractivity contribution in [3.05, 3.63) is 103 Å². The Morgan fingerprint density at radius 2 is 1.72 bits per heavy atom. The summed E-state index contributed by atoms with van der Waals surface area (Å²) in [5.74, 6) is 0.474.